The van der Waals surface area contributed by atoms with E-state index in [-0.39, 0.29) is 11.4 Å². The number of nitrogens with two attached hydrogens (primary N) is 1. The third kappa shape index (κ3) is 2.22. The van der Waals surface area contributed by atoms with E-state index in [0.29, 0.717) is 22.4 Å². The molecule has 20 heavy (non-hydrogen) atoms. The summed E-state index contributed by atoms with van der Waals surface area (Å²) in [6.45, 7) is 3.48. The molecule has 1 aromatic heterocycles. The molecule has 0 aliphatic rings. The molecule has 0 bridgehead atoms. The van der Waals surface area contributed by atoms with Crippen LogP contribution in [0.15, 0.2) is 29.2 Å². The molecule has 0 atom stereocenters. The van der Waals surface area contributed by atoms with Gasteiger partial charge in [0.05, 0.1) is 0 Å². The zero-order valence-electron chi connectivity index (χ0n) is 11.5. The molecule has 0 radical (unpaired) electrons. The quantitative estimate of drug-likeness (QED) is 0.909. The van der Waals surface area contributed by atoms with Gasteiger partial charge in [-0.1, -0.05) is 6.07 Å². The molecule has 5 heteroatoms. The summed E-state index contributed by atoms with van der Waals surface area (Å²) in [5.41, 5.74) is 7.03. The van der Waals surface area contributed by atoms with Gasteiger partial charge < -0.3 is 10.3 Å². The smallest absolute Gasteiger partial charge is 0.254 e. The third-order valence-corrected chi connectivity index (χ3v) is 3.41. The van der Waals surface area contributed by atoms with E-state index in [1.807, 2.05) is 0 Å². The van der Waals surface area contributed by atoms with Crippen molar-refractivity contribution in [3.05, 3.63) is 57.3 Å². The summed E-state index contributed by atoms with van der Waals surface area (Å²) in [6, 6.07) is 4.18. The number of aromatic nitrogens is 1. The van der Waals surface area contributed by atoms with Crippen LogP contribution in [-0.4, -0.2) is 10.5 Å². The van der Waals surface area contributed by atoms with Crippen molar-refractivity contribution in [2.75, 3.05) is 0 Å². The summed E-state index contributed by atoms with van der Waals surface area (Å²) in [4.78, 5) is 23.8. The Kier molecular flexibility index (Phi) is 3.44. The standard InChI is InChI=1S/C15H15FN2O2/c1-8-6-10(16)4-5-11(8)13-9(2)18(3)7-12(14(13)19)15(17)20/h4-7H,1-3H3,(H2,17,20). The normalized spacial score (nSPS) is 10.6. The molecule has 104 valence electrons. The van der Waals surface area contributed by atoms with Crippen LogP contribution in [0.3, 0.4) is 0 Å². The van der Waals surface area contributed by atoms with Crippen molar-refractivity contribution < 1.29 is 9.18 Å². The monoisotopic (exact) mass is 274 g/mol. The lowest BCUT2D eigenvalue weighted by molar-refractivity contribution is 0.0998. The summed E-state index contributed by atoms with van der Waals surface area (Å²) < 4.78 is 14.9. The highest BCUT2D eigenvalue weighted by Gasteiger charge is 2.17. The highest BCUT2D eigenvalue weighted by molar-refractivity contribution is 5.94. The molecule has 0 aliphatic heterocycles. The molecule has 0 spiro atoms. The lowest BCUT2D eigenvalue weighted by atomic mass is 9.97. The van der Waals surface area contributed by atoms with E-state index in [4.69, 9.17) is 5.73 Å². The summed E-state index contributed by atoms with van der Waals surface area (Å²) in [5.74, 6) is -1.14. The Morgan fingerprint density at radius 1 is 1.30 bits per heavy atom. The van der Waals surface area contributed by atoms with Crippen LogP contribution < -0.4 is 11.2 Å². The molecule has 2 rings (SSSR count). The van der Waals surface area contributed by atoms with Gasteiger partial charge in [0.2, 0.25) is 5.43 Å². The van der Waals surface area contributed by atoms with Crippen molar-refractivity contribution in [2.45, 2.75) is 13.8 Å². The van der Waals surface area contributed by atoms with Gasteiger partial charge in [-0.15, -0.1) is 0 Å². The lowest BCUT2D eigenvalue weighted by Gasteiger charge is -2.14. The maximum absolute atomic E-state index is 13.2. The number of carbonyl (C=O) groups excluding carboxylic acids is 1. The molecular formula is C15H15FN2O2. The molecule has 1 heterocycles. The minimum Gasteiger partial charge on any atom is -0.365 e. The SMILES string of the molecule is Cc1cc(F)ccc1-c1c(C)n(C)cc(C(N)=O)c1=O. The van der Waals surface area contributed by atoms with Crippen molar-refractivity contribution in [1.29, 1.82) is 0 Å². The number of carbonyl (C=O) groups is 1. The fourth-order valence-corrected chi connectivity index (χ4v) is 2.22. The topological polar surface area (TPSA) is 65.1 Å². The van der Waals surface area contributed by atoms with Crippen LogP contribution >= 0.6 is 0 Å². The molecule has 0 fully saturated rings. The van der Waals surface area contributed by atoms with Crippen LogP contribution in [0.2, 0.25) is 0 Å². The highest BCUT2D eigenvalue weighted by atomic mass is 19.1. The Labute approximate surface area is 115 Å². The maximum Gasteiger partial charge on any atom is 0.254 e. The molecule has 0 saturated heterocycles. The van der Waals surface area contributed by atoms with Crippen molar-refractivity contribution in [3.63, 3.8) is 0 Å². The van der Waals surface area contributed by atoms with E-state index >= 15 is 0 Å². The first kappa shape index (κ1) is 14.0. The Bertz CT molecular complexity index is 763. The fraction of sp³-hybridized carbons (Fsp3) is 0.200. The van der Waals surface area contributed by atoms with Crippen molar-refractivity contribution in [2.24, 2.45) is 12.8 Å². The van der Waals surface area contributed by atoms with Gasteiger partial charge in [-0.3, -0.25) is 9.59 Å². The van der Waals surface area contributed by atoms with Crippen LogP contribution in [-0.2, 0) is 7.05 Å². The summed E-state index contributed by atoms with van der Waals surface area (Å²) in [7, 11) is 1.73. The first-order chi connectivity index (χ1) is 9.32. The van der Waals surface area contributed by atoms with Crippen LogP contribution in [0.4, 0.5) is 4.39 Å². The average molecular weight is 274 g/mol. The van der Waals surface area contributed by atoms with Gasteiger partial charge in [0.1, 0.15) is 11.4 Å². The Morgan fingerprint density at radius 3 is 2.50 bits per heavy atom. The number of aryl methyl sites for hydroxylation is 2. The van der Waals surface area contributed by atoms with Gasteiger partial charge in [-0.2, -0.15) is 0 Å². The first-order valence-corrected chi connectivity index (χ1v) is 6.09. The zero-order valence-corrected chi connectivity index (χ0v) is 11.5. The Morgan fingerprint density at radius 2 is 1.95 bits per heavy atom. The summed E-state index contributed by atoms with van der Waals surface area (Å²) in [6.07, 6.45) is 1.42. The minimum absolute atomic E-state index is 0.0724. The van der Waals surface area contributed by atoms with Gasteiger partial charge in [0.15, 0.2) is 0 Å². The number of hydrogen-bond acceptors (Lipinski definition) is 2. The van der Waals surface area contributed by atoms with Gasteiger partial charge >= 0.3 is 0 Å². The predicted molar refractivity (Wildman–Crippen MR) is 75.1 cm³/mol. The number of rotatable bonds is 2. The molecule has 1 amide bonds. The van der Waals surface area contributed by atoms with Crippen LogP contribution in [0.1, 0.15) is 21.6 Å². The van der Waals surface area contributed by atoms with E-state index < -0.39 is 11.3 Å². The van der Waals surface area contributed by atoms with Crippen LogP contribution in [0, 0.1) is 19.7 Å². The molecule has 0 unspecified atom stereocenters. The second kappa shape index (κ2) is 4.92. The van der Waals surface area contributed by atoms with Crippen molar-refractivity contribution in [3.8, 4) is 11.1 Å². The fourth-order valence-electron chi connectivity index (χ4n) is 2.22. The zero-order chi connectivity index (χ0) is 15.0. The number of nitrogens with zero attached hydrogens (tertiary/aromatic N) is 1. The Balaban J connectivity index is 2.86. The largest absolute Gasteiger partial charge is 0.365 e. The second-order valence-corrected chi connectivity index (χ2v) is 4.77. The number of pyridine rings is 1. The van der Waals surface area contributed by atoms with Crippen LogP contribution in [0.5, 0.6) is 0 Å². The van der Waals surface area contributed by atoms with Gasteiger partial charge in [-0.25, -0.2) is 4.39 Å². The molecule has 0 saturated carbocycles. The van der Waals surface area contributed by atoms with E-state index in [0.717, 1.165) is 0 Å². The Hall–Kier alpha value is -2.43. The number of primary amides is 1. The van der Waals surface area contributed by atoms with E-state index in [2.05, 4.69) is 0 Å². The second-order valence-electron chi connectivity index (χ2n) is 4.77. The number of hydrogen-bond donors (Lipinski definition) is 1. The molecular weight excluding hydrogens is 259 g/mol. The van der Waals surface area contributed by atoms with E-state index in [1.54, 1.807) is 31.5 Å². The number of amides is 1. The molecule has 0 aliphatic carbocycles. The van der Waals surface area contributed by atoms with Crippen molar-refractivity contribution in [1.82, 2.24) is 4.57 Å². The maximum atomic E-state index is 13.2. The van der Waals surface area contributed by atoms with Crippen molar-refractivity contribution >= 4 is 5.91 Å². The number of halogens is 1. The molecule has 2 aromatic rings. The van der Waals surface area contributed by atoms with Crippen LogP contribution in [0.25, 0.3) is 11.1 Å². The highest BCUT2D eigenvalue weighted by Crippen LogP contribution is 2.24. The molecule has 4 nitrogen and oxygen atoms in total. The minimum atomic E-state index is -0.772. The summed E-state index contributed by atoms with van der Waals surface area (Å²) >= 11 is 0. The molecule has 2 N–H and O–H groups in total. The number of benzene rings is 1. The predicted octanol–water partition coefficient (Wildman–Crippen LogP) is 1.91. The third-order valence-electron chi connectivity index (χ3n) is 3.41. The van der Waals surface area contributed by atoms with E-state index in [9.17, 15) is 14.0 Å². The van der Waals surface area contributed by atoms with E-state index in [1.165, 1.54) is 18.3 Å². The summed E-state index contributed by atoms with van der Waals surface area (Å²) in [5, 5.41) is 0. The van der Waals surface area contributed by atoms with Gasteiger partial charge in [0, 0.05) is 24.5 Å². The average Bonchev–Trinajstić information content (AvgIpc) is 2.36. The lowest BCUT2D eigenvalue weighted by Crippen LogP contribution is -2.26. The first-order valence-electron chi connectivity index (χ1n) is 6.09. The van der Waals surface area contributed by atoms with Gasteiger partial charge in [0.25, 0.3) is 5.91 Å². The molecule has 1 aromatic carbocycles. The van der Waals surface area contributed by atoms with Gasteiger partial charge in [-0.05, 0) is 37.1 Å².